The summed E-state index contributed by atoms with van der Waals surface area (Å²) in [5.74, 6) is 0.868. The molecule has 0 aliphatic carbocycles. The van der Waals surface area contributed by atoms with Crippen LogP contribution in [0.1, 0.15) is 136 Å². The fraction of sp³-hybridized carbons (Fsp3) is 0.958. The van der Waals surface area contributed by atoms with E-state index in [9.17, 15) is 4.79 Å². The largest absolute Gasteiger partial charge is 0.466 e. The van der Waals surface area contributed by atoms with E-state index in [0.717, 1.165) is 18.8 Å². The molecule has 0 saturated carbocycles. The number of esters is 1. The van der Waals surface area contributed by atoms with Gasteiger partial charge in [0.25, 0.3) is 0 Å². The van der Waals surface area contributed by atoms with E-state index in [4.69, 9.17) is 4.74 Å². The van der Waals surface area contributed by atoms with Crippen LogP contribution in [0.3, 0.4) is 0 Å². The lowest BCUT2D eigenvalue weighted by Gasteiger charge is -2.06. The first-order chi connectivity index (χ1) is 12.7. The first-order valence-electron chi connectivity index (χ1n) is 11.8. The van der Waals surface area contributed by atoms with Crippen molar-refractivity contribution in [2.45, 2.75) is 136 Å². The minimum Gasteiger partial charge on any atom is -0.466 e. The Balaban J connectivity index is 3.15. The molecule has 0 bridgehead atoms. The van der Waals surface area contributed by atoms with E-state index in [-0.39, 0.29) is 5.97 Å². The van der Waals surface area contributed by atoms with Crippen molar-refractivity contribution in [2.75, 3.05) is 6.61 Å². The zero-order valence-electron chi connectivity index (χ0n) is 18.3. The Kier molecular flexibility index (Phi) is 20.4. The Hall–Kier alpha value is -0.530. The highest BCUT2D eigenvalue weighted by molar-refractivity contribution is 5.69. The van der Waals surface area contributed by atoms with Gasteiger partial charge in [-0.25, -0.2) is 0 Å². The van der Waals surface area contributed by atoms with Gasteiger partial charge in [-0.3, -0.25) is 4.79 Å². The average Bonchev–Trinajstić information content (AvgIpc) is 2.61. The highest BCUT2D eigenvalue weighted by Crippen LogP contribution is 2.13. The van der Waals surface area contributed by atoms with Crippen molar-refractivity contribution in [1.29, 1.82) is 0 Å². The molecule has 0 saturated heterocycles. The van der Waals surface area contributed by atoms with Gasteiger partial charge in [0.1, 0.15) is 0 Å². The number of hydrogen-bond donors (Lipinski definition) is 0. The molecule has 0 aromatic carbocycles. The van der Waals surface area contributed by atoms with Gasteiger partial charge >= 0.3 is 5.97 Å². The zero-order valence-corrected chi connectivity index (χ0v) is 18.3. The second-order valence-corrected chi connectivity index (χ2v) is 8.46. The van der Waals surface area contributed by atoms with Gasteiger partial charge in [-0.05, 0) is 18.8 Å². The molecule has 0 amide bonds. The number of ether oxygens (including phenoxy) is 1. The number of rotatable bonds is 20. The van der Waals surface area contributed by atoms with E-state index < -0.39 is 0 Å². The topological polar surface area (TPSA) is 26.3 Å². The molecular weight excluding hydrogens is 320 g/mol. The Labute approximate surface area is 164 Å². The van der Waals surface area contributed by atoms with Crippen molar-refractivity contribution in [3.8, 4) is 0 Å². The van der Waals surface area contributed by atoms with Gasteiger partial charge in [0.15, 0.2) is 0 Å². The Morgan fingerprint density at radius 1 is 0.654 bits per heavy atom. The maximum atomic E-state index is 11.7. The summed E-state index contributed by atoms with van der Waals surface area (Å²) in [6.45, 7) is 7.50. The highest BCUT2D eigenvalue weighted by Gasteiger charge is 2.02. The second-order valence-electron chi connectivity index (χ2n) is 8.46. The van der Waals surface area contributed by atoms with Crippen LogP contribution < -0.4 is 0 Å². The summed E-state index contributed by atoms with van der Waals surface area (Å²) >= 11 is 0. The molecule has 0 aromatic heterocycles. The lowest BCUT2D eigenvalue weighted by molar-refractivity contribution is -0.143. The van der Waals surface area contributed by atoms with Gasteiger partial charge in [-0.15, -0.1) is 0 Å². The molecule has 2 nitrogen and oxygen atoms in total. The summed E-state index contributed by atoms with van der Waals surface area (Å²) < 4.78 is 5.34. The minimum absolute atomic E-state index is 0.0154. The summed E-state index contributed by atoms with van der Waals surface area (Å²) in [4.78, 5) is 11.7. The maximum Gasteiger partial charge on any atom is 0.305 e. The monoisotopic (exact) mass is 368 g/mol. The van der Waals surface area contributed by atoms with Crippen molar-refractivity contribution < 1.29 is 9.53 Å². The second kappa shape index (κ2) is 20.8. The molecule has 0 N–H and O–H groups in total. The molecule has 0 spiro atoms. The van der Waals surface area contributed by atoms with Gasteiger partial charge in [0, 0.05) is 6.42 Å². The third kappa shape index (κ3) is 21.5. The molecule has 26 heavy (non-hydrogen) atoms. The van der Waals surface area contributed by atoms with E-state index in [2.05, 4.69) is 20.8 Å². The molecule has 0 aliphatic heterocycles. The molecule has 0 unspecified atom stereocenters. The fourth-order valence-corrected chi connectivity index (χ4v) is 3.38. The van der Waals surface area contributed by atoms with Crippen molar-refractivity contribution >= 4 is 5.97 Å². The third-order valence-corrected chi connectivity index (χ3v) is 5.17. The first kappa shape index (κ1) is 25.5. The van der Waals surface area contributed by atoms with Gasteiger partial charge in [-0.1, -0.05) is 117 Å². The van der Waals surface area contributed by atoms with Crippen LogP contribution in [-0.2, 0) is 9.53 Å². The maximum absolute atomic E-state index is 11.7. The third-order valence-electron chi connectivity index (χ3n) is 5.17. The smallest absolute Gasteiger partial charge is 0.305 e. The molecule has 0 heterocycles. The van der Waals surface area contributed by atoms with Crippen molar-refractivity contribution in [1.82, 2.24) is 0 Å². The Bertz CT molecular complexity index is 286. The minimum atomic E-state index is 0.0154. The van der Waals surface area contributed by atoms with E-state index in [0.29, 0.717) is 13.0 Å². The van der Waals surface area contributed by atoms with Crippen LogP contribution in [-0.4, -0.2) is 12.6 Å². The van der Waals surface area contributed by atoms with Crippen LogP contribution >= 0.6 is 0 Å². The molecule has 0 rings (SSSR count). The van der Waals surface area contributed by atoms with E-state index >= 15 is 0 Å². The zero-order chi connectivity index (χ0) is 19.3. The predicted molar refractivity (Wildman–Crippen MR) is 115 cm³/mol. The van der Waals surface area contributed by atoms with Gasteiger partial charge in [0.05, 0.1) is 6.61 Å². The van der Waals surface area contributed by atoms with Crippen molar-refractivity contribution in [2.24, 2.45) is 5.92 Å². The Morgan fingerprint density at radius 3 is 1.65 bits per heavy atom. The van der Waals surface area contributed by atoms with E-state index in [1.165, 1.54) is 96.3 Å². The molecule has 156 valence electrons. The molecule has 0 atom stereocenters. The number of carbonyl (C=O) groups excluding carboxylic acids is 1. The van der Waals surface area contributed by atoms with Crippen LogP contribution in [0.5, 0.6) is 0 Å². The average molecular weight is 369 g/mol. The quantitative estimate of drug-likeness (QED) is 0.160. The summed E-state index contributed by atoms with van der Waals surface area (Å²) in [5.41, 5.74) is 0. The summed E-state index contributed by atoms with van der Waals surface area (Å²) in [7, 11) is 0. The molecular formula is C24H48O2. The predicted octanol–water partition coefficient (Wildman–Crippen LogP) is 8.23. The molecule has 0 aromatic rings. The molecule has 0 fully saturated rings. The van der Waals surface area contributed by atoms with Crippen molar-refractivity contribution in [3.05, 3.63) is 0 Å². The first-order valence-corrected chi connectivity index (χ1v) is 11.8. The lowest BCUT2D eigenvalue weighted by Crippen LogP contribution is -2.05. The lowest BCUT2D eigenvalue weighted by atomic mass is 10.0. The molecule has 0 radical (unpaired) electrons. The SMILES string of the molecule is CCCCCCCCCCOC(=O)CCCCCCCCCCC(C)C. The normalized spacial score (nSPS) is 11.2. The van der Waals surface area contributed by atoms with Crippen molar-refractivity contribution in [3.63, 3.8) is 0 Å². The van der Waals surface area contributed by atoms with E-state index in [1.807, 2.05) is 0 Å². The Morgan fingerprint density at radius 2 is 1.12 bits per heavy atom. The van der Waals surface area contributed by atoms with E-state index in [1.54, 1.807) is 0 Å². The van der Waals surface area contributed by atoms with Crippen LogP contribution in [0.4, 0.5) is 0 Å². The van der Waals surface area contributed by atoms with Crippen LogP contribution in [0.25, 0.3) is 0 Å². The number of hydrogen-bond acceptors (Lipinski definition) is 2. The highest BCUT2D eigenvalue weighted by atomic mass is 16.5. The summed E-state index contributed by atoms with van der Waals surface area (Å²) in [5, 5.41) is 0. The molecule has 0 aliphatic rings. The van der Waals surface area contributed by atoms with Crippen LogP contribution in [0.15, 0.2) is 0 Å². The number of unbranched alkanes of at least 4 members (excludes halogenated alkanes) is 14. The number of carbonyl (C=O) groups is 1. The fourth-order valence-electron chi connectivity index (χ4n) is 3.38. The standard InChI is InChI=1S/C24H48O2/c1-4-5-6-7-8-13-16-19-22-26-24(25)21-18-15-12-10-9-11-14-17-20-23(2)3/h23H,4-22H2,1-3H3. The van der Waals surface area contributed by atoms with Crippen LogP contribution in [0.2, 0.25) is 0 Å². The van der Waals surface area contributed by atoms with Gasteiger partial charge in [-0.2, -0.15) is 0 Å². The van der Waals surface area contributed by atoms with Crippen LogP contribution in [0, 0.1) is 5.92 Å². The summed E-state index contributed by atoms with van der Waals surface area (Å²) in [6, 6.07) is 0. The van der Waals surface area contributed by atoms with Gasteiger partial charge in [0.2, 0.25) is 0 Å². The van der Waals surface area contributed by atoms with Gasteiger partial charge < -0.3 is 4.74 Å². The molecule has 2 heteroatoms. The summed E-state index contributed by atoms with van der Waals surface area (Å²) in [6.07, 6.45) is 22.6.